The van der Waals surface area contributed by atoms with Crippen LogP contribution in [0, 0.1) is 6.92 Å². The van der Waals surface area contributed by atoms with Gasteiger partial charge in [0.1, 0.15) is 12.4 Å². The first kappa shape index (κ1) is 19.8. The zero-order valence-corrected chi connectivity index (χ0v) is 16.6. The number of aryl methyl sites for hydroxylation is 1. The Morgan fingerprint density at radius 2 is 1.89 bits per heavy atom. The van der Waals surface area contributed by atoms with Crippen molar-refractivity contribution in [3.8, 4) is 5.75 Å². The van der Waals surface area contributed by atoms with E-state index in [9.17, 15) is 9.90 Å². The highest BCUT2D eigenvalue weighted by atomic mass is 32.2. The molecular weight excluding hydrogens is 358 g/mol. The number of rotatable bonds is 8. The van der Waals surface area contributed by atoms with Gasteiger partial charge in [-0.25, -0.2) is 4.79 Å². The Morgan fingerprint density at radius 3 is 2.59 bits per heavy atom. The van der Waals surface area contributed by atoms with E-state index in [1.54, 1.807) is 13.0 Å². The van der Waals surface area contributed by atoms with Crippen molar-refractivity contribution in [3.05, 3.63) is 59.2 Å². The molecule has 5 heteroatoms. The van der Waals surface area contributed by atoms with Gasteiger partial charge in [0.25, 0.3) is 0 Å². The summed E-state index contributed by atoms with van der Waals surface area (Å²) in [5.41, 5.74) is 2.55. The third kappa shape index (κ3) is 5.75. The van der Waals surface area contributed by atoms with Crippen LogP contribution >= 0.6 is 11.9 Å². The van der Waals surface area contributed by atoms with E-state index >= 15 is 0 Å². The van der Waals surface area contributed by atoms with E-state index in [1.807, 2.05) is 12.1 Å². The highest BCUT2D eigenvalue weighted by Gasteiger charge is 2.15. The summed E-state index contributed by atoms with van der Waals surface area (Å²) in [7, 11) is 0. The van der Waals surface area contributed by atoms with E-state index in [2.05, 4.69) is 29.0 Å². The second-order valence-corrected chi connectivity index (χ2v) is 7.99. The molecule has 0 unspecified atom stereocenters. The predicted molar refractivity (Wildman–Crippen MR) is 110 cm³/mol. The molecule has 4 nitrogen and oxygen atoms in total. The van der Waals surface area contributed by atoms with E-state index < -0.39 is 5.97 Å². The van der Waals surface area contributed by atoms with Gasteiger partial charge in [-0.1, -0.05) is 37.5 Å². The van der Waals surface area contributed by atoms with Crippen LogP contribution in [0.15, 0.2) is 47.4 Å². The number of carboxylic acid groups (broad SMARTS) is 1. The van der Waals surface area contributed by atoms with Crippen LogP contribution in [0.25, 0.3) is 0 Å². The minimum Gasteiger partial charge on any atom is -0.492 e. The first-order valence-electron chi connectivity index (χ1n) is 9.60. The van der Waals surface area contributed by atoms with Gasteiger partial charge < -0.3 is 9.84 Å². The topological polar surface area (TPSA) is 58.6 Å². The number of benzene rings is 2. The fourth-order valence-electron chi connectivity index (χ4n) is 3.51. The summed E-state index contributed by atoms with van der Waals surface area (Å²) in [6.45, 7) is 3.04. The van der Waals surface area contributed by atoms with E-state index in [0.717, 1.165) is 22.1 Å². The second kappa shape index (κ2) is 9.81. The molecule has 2 aromatic rings. The molecule has 2 N–H and O–H groups in total. The summed E-state index contributed by atoms with van der Waals surface area (Å²) in [6.07, 6.45) is 6.69. The third-order valence-electron chi connectivity index (χ3n) is 5.06. The van der Waals surface area contributed by atoms with E-state index in [0.29, 0.717) is 18.7 Å². The summed E-state index contributed by atoms with van der Waals surface area (Å²) < 4.78 is 9.02. The third-order valence-corrected chi connectivity index (χ3v) is 5.90. The van der Waals surface area contributed by atoms with E-state index in [4.69, 9.17) is 4.74 Å². The summed E-state index contributed by atoms with van der Waals surface area (Å²) in [5.74, 6) is 0.718. The number of carboxylic acids is 1. The smallest absolute Gasteiger partial charge is 0.335 e. The zero-order chi connectivity index (χ0) is 19.1. The van der Waals surface area contributed by atoms with Gasteiger partial charge in [-0.15, -0.1) is 0 Å². The second-order valence-electron chi connectivity index (χ2n) is 7.03. The molecule has 1 saturated carbocycles. The predicted octanol–water partition coefficient (Wildman–Crippen LogP) is 5.42. The lowest BCUT2D eigenvalue weighted by molar-refractivity contribution is 0.0696. The summed E-state index contributed by atoms with van der Waals surface area (Å²) in [6, 6.07) is 14.0. The Labute approximate surface area is 165 Å². The fourth-order valence-corrected chi connectivity index (χ4v) is 4.18. The van der Waals surface area contributed by atoms with Crippen LogP contribution in [-0.2, 0) is 0 Å². The Kier molecular flexibility index (Phi) is 7.18. The van der Waals surface area contributed by atoms with Crippen molar-refractivity contribution < 1.29 is 14.6 Å². The molecule has 0 spiro atoms. The van der Waals surface area contributed by atoms with Crippen LogP contribution in [-0.4, -0.2) is 24.2 Å². The van der Waals surface area contributed by atoms with Crippen molar-refractivity contribution in [3.63, 3.8) is 0 Å². The lowest BCUT2D eigenvalue weighted by Crippen LogP contribution is -2.14. The molecule has 0 amide bonds. The Morgan fingerprint density at radius 1 is 1.15 bits per heavy atom. The van der Waals surface area contributed by atoms with Gasteiger partial charge in [0.2, 0.25) is 0 Å². The molecule has 0 aliphatic heterocycles. The molecule has 0 radical (unpaired) electrons. The van der Waals surface area contributed by atoms with Gasteiger partial charge in [0.05, 0.1) is 5.56 Å². The van der Waals surface area contributed by atoms with Crippen molar-refractivity contribution in [1.29, 1.82) is 0 Å². The van der Waals surface area contributed by atoms with Crippen LogP contribution in [0.2, 0.25) is 0 Å². The summed E-state index contributed by atoms with van der Waals surface area (Å²) in [5, 5.41) is 9.18. The van der Waals surface area contributed by atoms with Crippen molar-refractivity contribution in [2.75, 3.05) is 13.2 Å². The molecule has 0 aromatic heterocycles. The molecule has 144 valence electrons. The quantitative estimate of drug-likeness (QED) is 0.469. The molecule has 2 aromatic carbocycles. The fraction of sp³-hybridized carbons (Fsp3) is 0.409. The van der Waals surface area contributed by atoms with Crippen molar-refractivity contribution >= 4 is 17.9 Å². The molecule has 1 aliphatic rings. The van der Waals surface area contributed by atoms with Crippen LogP contribution < -0.4 is 9.46 Å². The Balaban J connectivity index is 1.40. The summed E-state index contributed by atoms with van der Waals surface area (Å²) >= 11 is 1.42. The number of hydrogen-bond acceptors (Lipinski definition) is 4. The molecule has 0 bridgehead atoms. The van der Waals surface area contributed by atoms with Gasteiger partial charge >= 0.3 is 5.97 Å². The molecule has 3 rings (SSSR count). The number of hydrogen-bond donors (Lipinski definition) is 2. The Hall–Kier alpha value is -1.98. The molecule has 1 aliphatic carbocycles. The van der Waals surface area contributed by atoms with Gasteiger partial charge in [-0.2, -0.15) is 0 Å². The van der Waals surface area contributed by atoms with Gasteiger partial charge in [0.15, 0.2) is 0 Å². The maximum atomic E-state index is 11.2. The minimum absolute atomic E-state index is 0.344. The van der Waals surface area contributed by atoms with Crippen molar-refractivity contribution in [1.82, 2.24) is 4.72 Å². The highest BCUT2D eigenvalue weighted by molar-refractivity contribution is 7.97. The SMILES string of the molecule is Cc1ccc(SNCCOc2ccc(C3CCCCC3)cc2)cc1C(=O)O. The van der Waals surface area contributed by atoms with Gasteiger partial charge in [-0.05, 0) is 73.0 Å². The number of ether oxygens (including phenoxy) is 1. The average molecular weight is 386 g/mol. The zero-order valence-electron chi connectivity index (χ0n) is 15.7. The minimum atomic E-state index is -0.894. The molecular formula is C22H27NO3S. The van der Waals surface area contributed by atoms with E-state index in [1.165, 1.54) is 49.6 Å². The maximum Gasteiger partial charge on any atom is 0.335 e. The molecule has 27 heavy (non-hydrogen) atoms. The highest BCUT2D eigenvalue weighted by Crippen LogP contribution is 2.33. The number of carbonyl (C=O) groups is 1. The van der Waals surface area contributed by atoms with Crippen LogP contribution in [0.4, 0.5) is 0 Å². The first-order chi connectivity index (χ1) is 13.1. The first-order valence-corrected chi connectivity index (χ1v) is 10.4. The Bertz CT molecular complexity index is 755. The van der Waals surface area contributed by atoms with Gasteiger partial charge in [0, 0.05) is 11.4 Å². The van der Waals surface area contributed by atoms with E-state index in [-0.39, 0.29) is 0 Å². The van der Waals surface area contributed by atoms with Crippen LogP contribution in [0.1, 0.15) is 59.5 Å². The average Bonchev–Trinajstić information content (AvgIpc) is 2.70. The largest absolute Gasteiger partial charge is 0.492 e. The lowest BCUT2D eigenvalue weighted by Gasteiger charge is -2.22. The van der Waals surface area contributed by atoms with Crippen molar-refractivity contribution in [2.45, 2.75) is 49.8 Å². The maximum absolute atomic E-state index is 11.2. The lowest BCUT2D eigenvalue weighted by atomic mass is 9.84. The van der Waals surface area contributed by atoms with Gasteiger partial charge in [-0.3, -0.25) is 4.72 Å². The number of aromatic carboxylic acids is 1. The molecule has 0 saturated heterocycles. The molecule has 0 atom stereocenters. The van der Waals surface area contributed by atoms with Crippen molar-refractivity contribution in [2.24, 2.45) is 0 Å². The molecule has 0 heterocycles. The normalized spacial score (nSPS) is 14.9. The molecule has 1 fully saturated rings. The van der Waals surface area contributed by atoms with Crippen LogP contribution in [0.5, 0.6) is 5.75 Å². The monoisotopic (exact) mass is 385 g/mol. The van der Waals surface area contributed by atoms with Crippen LogP contribution in [0.3, 0.4) is 0 Å². The summed E-state index contributed by atoms with van der Waals surface area (Å²) in [4.78, 5) is 12.1. The standard InChI is InChI=1S/C22H27NO3S/c1-16-7-12-20(15-21(16)22(24)25)27-23-13-14-26-19-10-8-18(9-11-19)17-5-3-2-4-6-17/h7-12,15,17,23H,2-6,13-14H2,1H3,(H,24,25). The number of nitrogens with one attached hydrogen (secondary N) is 1.